The van der Waals surface area contributed by atoms with E-state index in [1.807, 2.05) is 36.1 Å². The van der Waals surface area contributed by atoms with Crippen LogP contribution in [0.2, 0.25) is 0 Å². The molecule has 1 aromatic carbocycles. The number of hydrogen-bond donors (Lipinski definition) is 0. The van der Waals surface area contributed by atoms with Crippen molar-refractivity contribution in [3.05, 3.63) is 24.3 Å². The molecule has 1 unspecified atom stereocenters. The van der Waals surface area contributed by atoms with Crippen molar-refractivity contribution in [3.63, 3.8) is 0 Å². The third-order valence-electron chi connectivity index (χ3n) is 4.39. The highest BCUT2D eigenvalue weighted by atomic mass is 16.6. The predicted molar refractivity (Wildman–Crippen MR) is 80.6 cm³/mol. The zero-order valence-electron chi connectivity index (χ0n) is 12.6. The van der Waals surface area contributed by atoms with Gasteiger partial charge in [-0.05, 0) is 31.9 Å². The largest absolute Gasteiger partial charge is 0.486 e. The van der Waals surface area contributed by atoms with Crippen molar-refractivity contribution < 1.29 is 14.3 Å². The summed E-state index contributed by atoms with van der Waals surface area (Å²) in [6.45, 7) is 3.88. The highest BCUT2D eigenvalue weighted by Gasteiger charge is 2.30. The second-order valence-electron chi connectivity index (χ2n) is 5.86. The van der Waals surface area contributed by atoms with E-state index in [0.29, 0.717) is 13.2 Å². The highest BCUT2D eigenvalue weighted by molar-refractivity contribution is 5.79. The molecule has 2 aliphatic rings. The molecule has 1 heterocycles. The number of hydrogen-bond acceptors (Lipinski definition) is 3. The first-order chi connectivity index (χ1) is 10.3. The summed E-state index contributed by atoms with van der Waals surface area (Å²) in [6, 6.07) is 7.69. The Morgan fingerprint density at radius 2 is 1.95 bits per heavy atom. The highest BCUT2D eigenvalue weighted by Crippen LogP contribution is 2.31. The molecule has 1 atom stereocenters. The zero-order chi connectivity index (χ0) is 14.7. The van der Waals surface area contributed by atoms with Crippen molar-refractivity contribution in [2.45, 2.75) is 38.7 Å². The number of para-hydroxylation sites is 2. The number of fused-ring (bicyclic) bond motifs is 1. The van der Waals surface area contributed by atoms with E-state index in [-0.39, 0.29) is 17.9 Å². The standard InChI is InChI=1S/C17H23NO3/c1-2-18(17(19)13-7-3-4-8-13)11-14-12-20-15-9-5-6-10-16(15)21-14/h5-6,9-10,13-14H,2-4,7-8,11-12H2,1H3. The molecule has 1 saturated carbocycles. The summed E-state index contributed by atoms with van der Waals surface area (Å²) < 4.78 is 11.7. The molecule has 3 rings (SSSR count). The number of carbonyl (C=O) groups is 1. The van der Waals surface area contributed by atoms with Crippen molar-refractivity contribution >= 4 is 5.91 Å². The van der Waals surface area contributed by atoms with Gasteiger partial charge < -0.3 is 14.4 Å². The van der Waals surface area contributed by atoms with Gasteiger partial charge in [0.2, 0.25) is 5.91 Å². The maximum atomic E-state index is 12.5. The molecule has 0 radical (unpaired) electrons. The van der Waals surface area contributed by atoms with Gasteiger partial charge in [-0.15, -0.1) is 0 Å². The fourth-order valence-corrected chi connectivity index (χ4v) is 3.20. The van der Waals surface area contributed by atoms with Gasteiger partial charge in [0.25, 0.3) is 0 Å². The lowest BCUT2D eigenvalue weighted by atomic mass is 10.1. The van der Waals surface area contributed by atoms with Crippen molar-refractivity contribution in [1.82, 2.24) is 4.90 Å². The molecule has 1 aromatic rings. The second-order valence-corrected chi connectivity index (χ2v) is 5.86. The van der Waals surface area contributed by atoms with Crippen LogP contribution >= 0.6 is 0 Å². The van der Waals surface area contributed by atoms with E-state index < -0.39 is 0 Å². The number of carbonyl (C=O) groups excluding carboxylic acids is 1. The van der Waals surface area contributed by atoms with Gasteiger partial charge in [-0.2, -0.15) is 0 Å². The molecule has 1 aliphatic heterocycles. The molecular formula is C17H23NO3. The lowest BCUT2D eigenvalue weighted by Crippen LogP contribution is -2.45. The number of nitrogens with zero attached hydrogens (tertiary/aromatic N) is 1. The van der Waals surface area contributed by atoms with E-state index in [9.17, 15) is 4.79 Å². The van der Waals surface area contributed by atoms with E-state index in [0.717, 1.165) is 30.9 Å². The molecule has 0 spiro atoms. The van der Waals surface area contributed by atoms with Crippen molar-refractivity contribution in [1.29, 1.82) is 0 Å². The summed E-state index contributed by atoms with van der Waals surface area (Å²) in [6.07, 6.45) is 4.37. The molecule has 0 N–H and O–H groups in total. The van der Waals surface area contributed by atoms with Crippen molar-refractivity contribution in [2.75, 3.05) is 19.7 Å². The quantitative estimate of drug-likeness (QED) is 0.855. The molecule has 1 amide bonds. The number of rotatable bonds is 4. The summed E-state index contributed by atoms with van der Waals surface area (Å²) in [5, 5.41) is 0. The average Bonchev–Trinajstić information content (AvgIpc) is 3.06. The van der Waals surface area contributed by atoms with Crippen LogP contribution in [0.5, 0.6) is 11.5 Å². The minimum atomic E-state index is -0.0785. The molecule has 114 valence electrons. The van der Waals surface area contributed by atoms with Crippen LogP contribution in [-0.2, 0) is 4.79 Å². The van der Waals surface area contributed by atoms with Gasteiger partial charge in [0, 0.05) is 12.5 Å². The van der Waals surface area contributed by atoms with E-state index in [4.69, 9.17) is 9.47 Å². The third kappa shape index (κ3) is 3.14. The fraction of sp³-hybridized carbons (Fsp3) is 0.588. The van der Waals surface area contributed by atoms with Crippen LogP contribution in [0.1, 0.15) is 32.6 Å². The zero-order valence-corrected chi connectivity index (χ0v) is 12.6. The summed E-state index contributed by atoms with van der Waals surface area (Å²) in [4.78, 5) is 14.5. The van der Waals surface area contributed by atoms with Crippen molar-refractivity contribution in [2.24, 2.45) is 5.92 Å². The summed E-state index contributed by atoms with van der Waals surface area (Å²) in [5.74, 6) is 2.08. The number of likely N-dealkylation sites (N-methyl/N-ethyl adjacent to an activating group) is 1. The number of ether oxygens (including phenoxy) is 2. The lowest BCUT2D eigenvalue weighted by molar-refractivity contribution is -0.136. The average molecular weight is 289 g/mol. The Hall–Kier alpha value is -1.71. The minimum absolute atomic E-state index is 0.0785. The van der Waals surface area contributed by atoms with Gasteiger partial charge >= 0.3 is 0 Å². The van der Waals surface area contributed by atoms with Crippen LogP contribution in [-0.4, -0.2) is 36.6 Å². The smallest absolute Gasteiger partial charge is 0.225 e. The van der Waals surface area contributed by atoms with Crippen LogP contribution in [0.3, 0.4) is 0 Å². The van der Waals surface area contributed by atoms with Crippen LogP contribution in [0.15, 0.2) is 24.3 Å². The van der Waals surface area contributed by atoms with E-state index >= 15 is 0 Å². The molecule has 0 saturated heterocycles. The van der Waals surface area contributed by atoms with Crippen molar-refractivity contribution in [3.8, 4) is 11.5 Å². The molecular weight excluding hydrogens is 266 g/mol. The molecule has 21 heavy (non-hydrogen) atoms. The molecule has 0 bridgehead atoms. The molecule has 4 nitrogen and oxygen atoms in total. The molecule has 4 heteroatoms. The molecule has 0 aromatic heterocycles. The second kappa shape index (κ2) is 6.37. The van der Waals surface area contributed by atoms with Gasteiger partial charge in [0.1, 0.15) is 6.61 Å². The first-order valence-corrected chi connectivity index (χ1v) is 7.95. The first-order valence-electron chi connectivity index (χ1n) is 7.95. The maximum absolute atomic E-state index is 12.5. The maximum Gasteiger partial charge on any atom is 0.225 e. The minimum Gasteiger partial charge on any atom is -0.486 e. The first kappa shape index (κ1) is 14.2. The Morgan fingerprint density at radius 3 is 2.67 bits per heavy atom. The summed E-state index contributed by atoms with van der Waals surface area (Å²) >= 11 is 0. The van der Waals surface area contributed by atoms with Crippen LogP contribution < -0.4 is 9.47 Å². The van der Waals surface area contributed by atoms with Gasteiger partial charge in [-0.3, -0.25) is 4.79 Å². The fourth-order valence-electron chi connectivity index (χ4n) is 3.20. The van der Waals surface area contributed by atoms with Gasteiger partial charge in [-0.25, -0.2) is 0 Å². The van der Waals surface area contributed by atoms with Gasteiger partial charge in [0.05, 0.1) is 6.54 Å². The summed E-state index contributed by atoms with van der Waals surface area (Å²) in [5.41, 5.74) is 0. The van der Waals surface area contributed by atoms with E-state index in [2.05, 4.69) is 0 Å². The normalized spacial score (nSPS) is 21.3. The van der Waals surface area contributed by atoms with E-state index in [1.165, 1.54) is 12.8 Å². The Labute approximate surface area is 126 Å². The summed E-state index contributed by atoms with van der Waals surface area (Å²) in [7, 11) is 0. The Bertz CT molecular complexity index is 497. The number of benzene rings is 1. The Kier molecular flexibility index (Phi) is 4.32. The van der Waals surface area contributed by atoms with Crippen LogP contribution in [0, 0.1) is 5.92 Å². The number of amides is 1. The Morgan fingerprint density at radius 1 is 1.24 bits per heavy atom. The molecule has 1 aliphatic carbocycles. The van der Waals surface area contributed by atoms with Gasteiger partial charge in [0.15, 0.2) is 17.6 Å². The lowest BCUT2D eigenvalue weighted by Gasteiger charge is -2.32. The Balaban J connectivity index is 1.61. The molecule has 1 fully saturated rings. The van der Waals surface area contributed by atoms with E-state index in [1.54, 1.807) is 0 Å². The topological polar surface area (TPSA) is 38.8 Å². The SMILES string of the molecule is CCN(CC1COc2ccccc2O1)C(=O)C1CCCC1. The van der Waals surface area contributed by atoms with Crippen LogP contribution in [0.25, 0.3) is 0 Å². The monoisotopic (exact) mass is 289 g/mol. The van der Waals surface area contributed by atoms with Crippen LogP contribution in [0.4, 0.5) is 0 Å². The predicted octanol–water partition coefficient (Wildman–Crippen LogP) is 2.87. The third-order valence-corrected chi connectivity index (χ3v) is 4.39. The van der Waals surface area contributed by atoms with Gasteiger partial charge in [-0.1, -0.05) is 25.0 Å².